The molecule has 2 N–H and O–H groups in total. The van der Waals surface area contributed by atoms with Crippen molar-refractivity contribution in [1.29, 1.82) is 0 Å². The molecule has 0 unspecified atom stereocenters. The van der Waals surface area contributed by atoms with Gasteiger partial charge in [-0.05, 0) is 43.2 Å². The number of carbonyl (C=O) groups excluding carboxylic acids is 1. The first-order chi connectivity index (χ1) is 11.1. The highest BCUT2D eigenvalue weighted by atomic mass is 79.9. The molecule has 0 aliphatic heterocycles. The van der Waals surface area contributed by atoms with E-state index in [1.807, 2.05) is 25.1 Å². The smallest absolute Gasteiger partial charge is 0.271 e. The Hall–Kier alpha value is -1.95. The molecule has 0 saturated heterocycles. The Morgan fingerprint density at radius 3 is 2.65 bits per heavy atom. The number of anilines is 2. The predicted octanol–water partition coefficient (Wildman–Crippen LogP) is 4.21. The second-order valence-electron chi connectivity index (χ2n) is 5.36. The third-order valence-electron chi connectivity index (χ3n) is 3.41. The van der Waals surface area contributed by atoms with E-state index < -0.39 is 0 Å². The van der Waals surface area contributed by atoms with Gasteiger partial charge in [0.25, 0.3) is 5.91 Å². The number of nitrogens with zero attached hydrogens (tertiary/aromatic N) is 2. The van der Waals surface area contributed by atoms with Crippen LogP contribution in [0, 0.1) is 6.92 Å². The van der Waals surface area contributed by atoms with E-state index in [1.54, 1.807) is 12.1 Å². The molecular weight excluding hydrogens is 356 g/mol. The molecule has 0 spiro atoms. The van der Waals surface area contributed by atoms with E-state index in [4.69, 9.17) is 0 Å². The Morgan fingerprint density at radius 2 is 2.00 bits per heavy atom. The zero-order chi connectivity index (χ0) is 16.7. The quantitative estimate of drug-likeness (QED) is 0.710. The maximum absolute atomic E-state index is 11.9. The topological polar surface area (TPSA) is 66.9 Å². The number of amides is 1. The Labute approximate surface area is 145 Å². The van der Waals surface area contributed by atoms with Crippen molar-refractivity contribution in [3.8, 4) is 0 Å². The van der Waals surface area contributed by atoms with Gasteiger partial charge in [0.2, 0.25) is 0 Å². The van der Waals surface area contributed by atoms with Crippen LogP contribution in [0.5, 0.6) is 0 Å². The summed E-state index contributed by atoms with van der Waals surface area (Å²) in [6, 6.07) is 9.38. The summed E-state index contributed by atoms with van der Waals surface area (Å²) in [5, 5.41) is 14.0. The van der Waals surface area contributed by atoms with Gasteiger partial charge in [0, 0.05) is 16.7 Å². The number of aromatic nitrogens is 2. The van der Waals surface area contributed by atoms with Gasteiger partial charge in [-0.3, -0.25) is 4.79 Å². The molecule has 1 aromatic carbocycles. The Kier molecular flexibility index (Phi) is 6.52. The van der Waals surface area contributed by atoms with Crippen molar-refractivity contribution in [2.75, 3.05) is 11.9 Å². The average molecular weight is 377 g/mol. The molecule has 0 aliphatic rings. The normalized spacial score (nSPS) is 10.4. The molecule has 122 valence electrons. The molecule has 0 aliphatic carbocycles. The van der Waals surface area contributed by atoms with Gasteiger partial charge in [0.05, 0.1) is 0 Å². The second kappa shape index (κ2) is 8.62. The van der Waals surface area contributed by atoms with Gasteiger partial charge < -0.3 is 10.6 Å². The first-order valence-corrected chi connectivity index (χ1v) is 8.54. The number of carbonyl (C=O) groups is 1. The highest BCUT2D eigenvalue weighted by molar-refractivity contribution is 9.10. The van der Waals surface area contributed by atoms with Crippen LogP contribution in [0.4, 0.5) is 11.5 Å². The minimum atomic E-state index is -0.182. The zero-order valence-corrected chi connectivity index (χ0v) is 15.0. The summed E-state index contributed by atoms with van der Waals surface area (Å²) in [6.07, 6.45) is 3.23. The van der Waals surface area contributed by atoms with E-state index in [2.05, 4.69) is 43.7 Å². The fourth-order valence-corrected chi connectivity index (χ4v) is 2.38. The van der Waals surface area contributed by atoms with Gasteiger partial charge in [-0.2, -0.15) is 0 Å². The summed E-state index contributed by atoms with van der Waals surface area (Å²) in [5.41, 5.74) is 2.41. The average Bonchev–Trinajstić information content (AvgIpc) is 2.55. The van der Waals surface area contributed by atoms with Crippen molar-refractivity contribution < 1.29 is 4.79 Å². The lowest BCUT2D eigenvalue weighted by Crippen LogP contribution is -2.25. The predicted molar refractivity (Wildman–Crippen MR) is 96.1 cm³/mol. The third kappa shape index (κ3) is 5.32. The summed E-state index contributed by atoms with van der Waals surface area (Å²) in [4.78, 5) is 11.9. The summed E-state index contributed by atoms with van der Waals surface area (Å²) >= 11 is 3.50. The van der Waals surface area contributed by atoms with Crippen molar-refractivity contribution >= 4 is 33.3 Å². The lowest BCUT2D eigenvalue weighted by atomic mass is 10.2. The highest BCUT2D eigenvalue weighted by Gasteiger charge is 2.07. The first-order valence-electron chi connectivity index (χ1n) is 7.75. The summed E-state index contributed by atoms with van der Waals surface area (Å²) < 4.78 is 1.03. The van der Waals surface area contributed by atoms with Gasteiger partial charge >= 0.3 is 0 Å². The fraction of sp³-hybridized carbons (Fsp3) is 0.353. The molecule has 2 rings (SSSR count). The molecule has 1 aromatic heterocycles. The van der Waals surface area contributed by atoms with Crippen LogP contribution in [0.1, 0.15) is 42.2 Å². The molecular formula is C17H21BrN4O. The highest BCUT2D eigenvalue weighted by Crippen LogP contribution is 2.22. The van der Waals surface area contributed by atoms with Crippen LogP contribution in [0.25, 0.3) is 0 Å². The van der Waals surface area contributed by atoms with Crippen LogP contribution < -0.4 is 10.6 Å². The maximum Gasteiger partial charge on any atom is 0.271 e. The number of rotatable bonds is 7. The number of hydrogen-bond donors (Lipinski definition) is 2. The van der Waals surface area contributed by atoms with Crippen LogP contribution in [0.3, 0.4) is 0 Å². The van der Waals surface area contributed by atoms with E-state index in [1.165, 1.54) is 0 Å². The van der Waals surface area contributed by atoms with Crippen molar-refractivity contribution in [2.24, 2.45) is 0 Å². The number of hydrogen-bond acceptors (Lipinski definition) is 4. The first kappa shape index (κ1) is 17.4. The fourth-order valence-electron chi connectivity index (χ4n) is 2.01. The molecule has 0 radical (unpaired) electrons. The molecule has 0 fully saturated rings. The van der Waals surface area contributed by atoms with Crippen molar-refractivity contribution in [1.82, 2.24) is 15.5 Å². The zero-order valence-electron chi connectivity index (χ0n) is 13.4. The lowest BCUT2D eigenvalue weighted by molar-refractivity contribution is 0.0947. The maximum atomic E-state index is 11.9. The van der Waals surface area contributed by atoms with E-state index in [0.29, 0.717) is 18.1 Å². The van der Waals surface area contributed by atoms with Gasteiger partial charge in [0.1, 0.15) is 0 Å². The molecule has 0 saturated carbocycles. The van der Waals surface area contributed by atoms with Crippen molar-refractivity contribution in [2.45, 2.75) is 33.1 Å². The summed E-state index contributed by atoms with van der Waals surface area (Å²) in [5.74, 6) is 0.418. The van der Waals surface area contributed by atoms with E-state index in [0.717, 1.165) is 35.0 Å². The van der Waals surface area contributed by atoms with Crippen LogP contribution in [0.2, 0.25) is 0 Å². The van der Waals surface area contributed by atoms with Crippen LogP contribution >= 0.6 is 15.9 Å². The summed E-state index contributed by atoms with van der Waals surface area (Å²) in [6.45, 7) is 4.83. The number of halogens is 1. The molecule has 5 nitrogen and oxygen atoms in total. The molecule has 23 heavy (non-hydrogen) atoms. The minimum Gasteiger partial charge on any atom is -0.351 e. The van der Waals surface area contributed by atoms with Gasteiger partial charge in [-0.25, -0.2) is 0 Å². The SMILES string of the molecule is CCCCCNC(=O)c1ccc(Nc2ccc(C)c(Br)c2)nn1. The number of nitrogens with one attached hydrogen (secondary N) is 2. The Morgan fingerprint density at radius 1 is 1.17 bits per heavy atom. The van der Waals surface area contributed by atoms with Gasteiger partial charge in [-0.15, -0.1) is 10.2 Å². The standard InChI is InChI=1S/C17H21BrN4O/c1-3-4-5-10-19-17(23)15-8-9-16(22-21-15)20-13-7-6-12(2)14(18)11-13/h6-9,11H,3-5,10H2,1-2H3,(H,19,23)(H,20,22). The van der Waals surface area contributed by atoms with Crippen molar-refractivity contribution in [3.63, 3.8) is 0 Å². The monoisotopic (exact) mass is 376 g/mol. The summed E-state index contributed by atoms with van der Waals surface area (Å²) in [7, 11) is 0. The van der Waals surface area contributed by atoms with E-state index in [-0.39, 0.29) is 5.91 Å². The molecule has 6 heteroatoms. The minimum absolute atomic E-state index is 0.182. The molecule has 0 atom stereocenters. The number of unbranched alkanes of at least 4 members (excludes halogenated alkanes) is 2. The second-order valence-corrected chi connectivity index (χ2v) is 6.21. The Bertz CT molecular complexity index is 658. The van der Waals surface area contributed by atoms with Gasteiger partial charge in [0.15, 0.2) is 11.5 Å². The van der Waals surface area contributed by atoms with E-state index in [9.17, 15) is 4.79 Å². The number of aryl methyl sites for hydroxylation is 1. The van der Waals surface area contributed by atoms with E-state index >= 15 is 0 Å². The lowest BCUT2D eigenvalue weighted by Gasteiger charge is -2.08. The largest absolute Gasteiger partial charge is 0.351 e. The molecule has 1 amide bonds. The van der Waals surface area contributed by atoms with Crippen LogP contribution in [0.15, 0.2) is 34.8 Å². The third-order valence-corrected chi connectivity index (χ3v) is 4.26. The van der Waals surface area contributed by atoms with Crippen LogP contribution in [-0.2, 0) is 0 Å². The molecule has 1 heterocycles. The molecule has 2 aromatic rings. The van der Waals surface area contributed by atoms with Crippen molar-refractivity contribution in [3.05, 3.63) is 46.1 Å². The van der Waals surface area contributed by atoms with Gasteiger partial charge in [-0.1, -0.05) is 41.8 Å². The number of benzene rings is 1. The Balaban J connectivity index is 1.93. The molecule has 0 bridgehead atoms. The van der Waals surface area contributed by atoms with Crippen LogP contribution in [-0.4, -0.2) is 22.6 Å².